The van der Waals surface area contributed by atoms with Gasteiger partial charge >= 0.3 is 0 Å². The normalized spacial score (nSPS) is 12.2. The first-order valence-corrected chi connectivity index (χ1v) is 25.4. The van der Waals surface area contributed by atoms with Gasteiger partial charge in [0.2, 0.25) is 0 Å². The summed E-state index contributed by atoms with van der Waals surface area (Å²) in [4.78, 5) is 6.61. The van der Waals surface area contributed by atoms with Gasteiger partial charge in [0.1, 0.15) is 17.2 Å². The van der Waals surface area contributed by atoms with Gasteiger partial charge in [0.05, 0.1) is 53.8 Å². The van der Waals surface area contributed by atoms with E-state index in [-0.39, 0.29) is 11.3 Å². The first kappa shape index (κ1) is 49.4. The highest BCUT2D eigenvalue weighted by molar-refractivity contribution is 7.18. The van der Waals surface area contributed by atoms with E-state index >= 15 is 0 Å². The molecule has 0 atom stereocenters. The molecule has 10 rings (SSSR count). The second kappa shape index (κ2) is 20.2. The van der Waals surface area contributed by atoms with E-state index in [0.717, 1.165) is 76.8 Å². The van der Waals surface area contributed by atoms with Gasteiger partial charge in [0.25, 0.3) is 0 Å². The lowest BCUT2D eigenvalue weighted by molar-refractivity contribution is 0.415. The van der Waals surface area contributed by atoms with Gasteiger partial charge in [-0.3, -0.25) is 0 Å². The summed E-state index contributed by atoms with van der Waals surface area (Å²) < 4.78 is 20.2. The third kappa shape index (κ3) is 9.61. The average molecular weight is 997 g/mol. The fourth-order valence-electron chi connectivity index (χ4n) is 8.68. The number of anilines is 2. The van der Waals surface area contributed by atoms with Crippen molar-refractivity contribution in [1.82, 2.24) is 39.6 Å². The van der Waals surface area contributed by atoms with Crippen molar-refractivity contribution in [2.45, 2.75) is 52.9 Å². The van der Waals surface area contributed by atoms with Crippen LogP contribution in [-0.4, -0.2) is 89.1 Å². The topological polar surface area (TPSA) is 120 Å². The first-order valence-electron chi connectivity index (χ1n) is 23.7. The number of rotatable bonds is 12. The Bertz CT molecular complexity index is 3640. The van der Waals surface area contributed by atoms with Crippen LogP contribution in [0, 0.1) is 6.92 Å². The van der Waals surface area contributed by atoms with Gasteiger partial charge in [0, 0.05) is 64.9 Å². The van der Waals surface area contributed by atoms with Gasteiger partial charge < -0.3 is 24.0 Å². The molecule has 0 bridgehead atoms. The molecule has 0 aliphatic rings. The van der Waals surface area contributed by atoms with Crippen LogP contribution in [0.25, 0.3) is 68.5 Å². The van der Waals surface area contributed by atoms with Crippen molar-refractivity contribution in [2.24, 2.45) is 0 Å². The summed E-state index contributed by atoms with van der Waals surface area (Å²) >= 11 is 3.51. The molecule has 0 saturated heterocycles. The van der Waals surface area contributed by atoms with Crippen LogP contribution in [0.3, 0.4) is 0 Å². The minimum atomic E-state index is -0.175. The van der Waals surface area contributed by atoms with Gasteiger partial charge in [-0.15, -0.1) is 43.1 Å². The van der Waals surface area contributed by atoms with Gasteiger partial charge in [-0.05, 0) is 84.7 Å². The molecule has 0 N–H and O–H groups in total. The van der Waals surface area contributed by atoms with E-state index in [1.807, 2.05) is 69.7 Å². The zero-order valence-electron chi connectivity index (χ0n) is 43.1. The zero-order valence-corrected chi connectivity index (χ0v) is 44.8. The molecule has 0 aliphatic heterocycles. The molecule has 72 heavy (non-hydrogen) atoms. The Morgan fingerprint density at radius 1 is 0.556 bits per heavy atom. The number of aromatic nitrogens is 8. The quantitative estimate of drug-likeness (QED) is 0.116. The summed E-state index contributed by atoms with van der Waals surface area (Å²) in [5, 5.41) is 32.5. The van der Waals surface area contributed by atoms with Crippen LogP contribution >= 0.6 is 22.7 Å². The van der Waals surface area contributed by atoms with Crippen LogP contribution in [0.1, 0.15) is 67.2 Å². The van der Waals surface area contributed by atoms with E-state index in [2.05, 4.69) is 161 Å². The maximum Gasteiger partial charge on any atom is 0.189 e. The third-order valence-corrected chi connectivity index (χ3v) is 14.8. The van der Waals surface area contributed by atoms with Crippen LogP contribution < -0.4 is 34.4 Å². The summed E-state index contributed by atoms with van der Waals surface area (Å²) in [6.45, 7) is 13.0. The largest absolute Gasteiger partial charge is 0.497 e. The fraction of sp³-hybridized carbons (Fsp3) is 0.263. The Balaban J connectivity index is 0.000000178. The van der Waals surface area contributed by atoms with Crippen molar-refractivity contribution >= 4 is 56.1 Å². The van der Waals surface area contributed by atoms with Crippen molar-refractivity contribution in [2.75, 3.05) is 59.3 Å². The minimum absolute atomic E-state index is 0.175. The van der Waals surface area contributed by atoms with Gasteiger partial charge in [-0.1, -0.05) is 101 Å². The van der Waals surface area contributed by atoms with Crippen LogP contribution in [0.15, 0.2) is 109 Å². The van der Waals surface area contributed by atoms with Gasteiger partial charge in [-0.2, -0.15) is 19.2 Å². The van der Waals surface area contributed by atoms with Crippen molar-refractivity contribution in [3.8, 4) is 62.3 Å². The first-order chi connectivity index (χ1) is 34.6. The second-order valence-electron chi connectivity index (χ2n) is 19.3. The monoisotopic (exact) mass is 996 g/mol. The highest BCUT2D eigenvalue weighted by atomic mass is 32.1. The fourth-order valence-corrected chi connectivity index (χ4v) is 10.8. The highest BCUT2D eigenvalue weighted by Gasteiger charge is 2.26. The number of aryl methyl sites for hydroxylation is 1. The van der Waals surface area contributed by atoms with E-state index in [4.69, 9.17) is 24.4 Å². The smallest absolute Gasteiger partial charge is 0.189 e. The van der Waals surface area contributed by atoms with Crippen LogP contribution in [-0.2, 0) is 5.41 Å². The molecule has 0 amide bonds. The number of hydrogen-bond donors (Lipinski definition) is 0. The lowest BCUT2D eigenvalue weighted by atomic mass is 9.91. The Kier molecular flexibility index (Phi) is 13.9. The molecule has 10 aromatic rings. The molecule has 0 aliphatic carbocycles. The lowest BCUT2D eigenvalue weighted by Crippen LogP contribution is -2.22. The molecule has 0 saturated carbocycles. The summed E-state index contributed by atoms with van der Waals surface area (Å²) in [6, 6.07) is 37.0. The summed E-state index contributed by atoms with van der Waals surface area (Å²) in [6.07, 6.45) is 4.39. The Morgan fingerprint density at radius 2 is 1.01 bits per heavy atom. The molecule has 0 unspecified atom stereocenters. The standard InChI is InChI=1S/C29H31N5OS.C28H29N5O2S/c1-18-12-14-19(15-13-18)22-16-20(36-28(22)33(5)6)17-23-25(29(2,3)4)32-34-26(30-31-27(23)34)21-10-8-9-11-24(21)35-7;1-17(2)25-23(27-30-29-26(33(27)31-25)21-9-7-8-10-24(21)35-6)16-20-15-22(28(36-20)32(3)4)18-11-13-19(34-5)14-12-18/h8-17H,1-7H3;7-17H,1-6H3/b23-17-;23-16-. The number of nitrogens with zero attached hydrogens (tertiary/aromatic N) is 10. The highest BCUT2D eigenvalue weighted by Crippen LogP contribution is 2.41. The minimum Gasteiger partial charge on any atom is -0.497 e. The molecule has 4 aromatic carbocycles. The van der Waals surface area contributed by atoms with Crippen LogP contribution in [0.5, 0.6) is 17.2 Å². The van der Waals surface area contributed by atoms with Gasteiger partial charge in [-0.25, -0.2) is 0 Å². The predicted molar refractivity (Wildman–Crippen MR) is 295 cm³/mol. The lowest BCUT2D eigenvalue weighted by Gasteiger charge is -2.14. The molecule has 0 fully saturated rings. The molecule has 0 radical (unpaired) electrons. The van der Waals surface area contributed by atoms with E-state index in [1.54, 1.807) is 44.0 Å². The van der Waals surface area contributed by atoms with E-state index in [9.17, 15) is 0 Å². The van der Waals surface area contributed by atoms with Crippen molar-refractivity contribution in [3.63, 3.8) is 0 Å². The Morgan fingerprint density at radius 3 is 1.47 bits per heavy atom. The maximum absolute atomic E-state index is 5.59. The average Bonchev–Trinajstić information content (AvgIpc) is 4.24. The molecule has 6 aromatic heterocycles. The summed E-state index contributed by atoms with van der Waals surface area (Å²) in [7, 11) is 13.3. The number of thiophene rings is 2. The number of methoxy groups -OCH3 is 3. The van der Waals surface area contributed by atoms with Crippen LogP contribution in [0.2, 0.25) is 0 Å². The van der Waals surface area contributed by atoms with Crippen LogP contribution in [0.4, 0.5) is 10.0 Å². The van der Waals surface area contributed by atoms with E-state index < -0.39 is 0 Å². The Labute approximate surface area is 428 Å². The van der Waals surface area contributed by atoms with E-state index in [0.29, 0.717) is 11.6 Å². The number of para-hydroxylation sites is 2. The second-order valence-corrected chi connectivity index (χ2v) is 21.4. The number of ether oxygens (including phenoxy) is 3. The Hall–Kier alpha value is -7.62. The summed E-state index contributed by atoms with van der Waals surface area (Å²) in [5.74, 6) is 3.89. The van der Waals surface area contributed by atoms with E-state index in [1.165, 1.54) is 32.3 Å². The summed E-state index contributed by atoms with van der Waals surface area (Å²) in [5.41, 5.74) is 11.0. The number of benzene rings is 4. The van der Waals surface area contributed by atoms with Gasteiger partial charge in [0.15, 0.2) is 22.9 Å². The third-order valence-electron chi connectivity index (χ3n) is 12.3. The predicted octanol–water partition coefficient (Wildman–Crippen LogP) is 11.0. The molecule has 368 valence electrons. The molecular weight excluding hydrogens is 937 g/mol. The van der Waals surface area contributed by atoms with Crippen molar-refractivity contribution in [3.05, 3.63) is 146 Å². The zero-order chi connectivity index (χ0) is 51.0. The molecule has 15 heteroatoms. The SMILES string of the molecule is COc1ccc(-c2cc(/C=c3/c(C(C)C)nn4c(-c5ccccc5OC)nnc34)sc2N(C)C)cc1.COc1ccccc1-c1nnc2/c(=C\c3cc(-c4ccc(C)cc4)c(N(C)C)s3)c(C(C)(C)C)nn12. The maximum atomic E-state index is 5.59. The molecule has 0 spiro atoms. The molecular formula is C57H60N10O3S2. The number of fused-ring (bicyclic) bond motifs is 2. The molecule has 13 nitrogen and oxygen atoms in total. The van der Waals surface area contributed by atoms with Crippen molar-refractivity contribution < 1.29 is 14.2 Å². The number of hydrogen-bond acceptors (Lipinski definition) is 13. The molecule has 6 heterocycles. The van der Waals surface area contributed by atoms with Crippen molar-refractivity contribution in [1.29, 1.82) is 0 Å².